The average Bonchev–Trinajstić information content (AvgIpc) is 2.39. The Bertz CT molecular complexity index is 380. The van der Waals surface area contributed by atoms with Gasteiger partial charge in [0.2, 0.25) is 0 Å². The lowest BCUT2D eigenvalue weighted by Crippen LogP contribution is -2.45. The molecule has 1 fully saturated rings. The first-order valence-corrected chi connectivity index (χ1v) is 6.12. The molecule has 0 aliphatic carbocycles. The van der Waals surface area contributed by atoms with E-state index in [1.54, 1.807) is 12.3 Å². The number of rotatable bonds is 2. The summed E-state index contributed by atoms with van der Waals surface area (Å²) < 4.78 is 0. The molecule has 92 valence electrons. The number of piperidine rings is 1. The summed E-state index contributed by atoms with van der Waals surface area (Å²) >= 11 is 0. The van der Waals surface area contributed by atoms with Gasteiger partial charge in [-0.2, -0.15) is 0 Å². The number of hydrogen-bond acceptors (Lipinski definition) is 3. The first-order valence-electron chi connectivity index (χ1n) is 6.12. The number of nitrogens with zero attached hydrogens (tertiary/aromatic N) is 2. The molecule has 2 unspecified atom stereocenters. The molecule has 4 nitrogen and oxygen atoms in total. The Morgan fingerprint density at radius 2 is 2.41 bits per heavy atom. The van der Waals surface area contributed by atoms with Gasteiger partial charge >= 0.3 is 0 Å². The molecule has 4 heteroatoms. The first kappa shape index (κ1) is 12.0. The van der Waals surface area contributed by atoms with Crippen LogP contribution in [-0.2, 0) is 0 Å². The molecule has 1 aliphatic heterocycles. The minimum Gasteiger partial charge on any atom is -0.337 e. The molecule has 1 aromatic heterocycles. The molecule has 2 N–H and O–H groups in total. The van der Waals surface area contributed by atoms with Crippen LogP contribution in [0.1, 0.15) is 23.8 Å². The zero-order valence-electron chi connectivity index (χ0n) is 10.2. The number of carbonyl (C=O) groups is 1. The van der Waals surface area contributed by atoms with E-state index < -0.39 is 0 Å². The van der Waals surface area contributed by atoms with Crippen LogP contribution < -0.4 is 5.73 Å². The Morgan fingerprint density at radius 3 is 3.06 bits per heavy atom. The summed E-state index contributed by atoms with van der Waals surface area (Å²) in [4.78, 5) is 18.2. The molecule has 0 radical (unpaired) electrons. The average molecular weight is 233 g/mol. The summed E-state index contributed by atoms with van der Waals surface area (Å²) in [5, 5.41) is 0. The molecule has 17 heavy (non-hydrogen) atoms. The lowest BCUT2D eigenvalue weighted by atomic mass is 9.87. The van der Waals surface area contributed by atoms with Crippen LogP contribution in [0.4, 0.5) is 0 Å². The molecule has 0 aromatic carbocycles. The molecule has 1 amide bonds. The van der Waals surface area contributed by atoms with Gasteiger partial charge < -0.3 is 10.6 Å². The summed E-state index contributed by atoms with van der Waals surface area (Å²) in [5.41, 5.74) is 6.27. The predicted octanol–water partition coefficient (Wildman–Crippen LogP) is 1.14. The Hall–Kier alpha value is -1.42. The molecule has 0 saturated carbocycles. The van der Waals surface area contributed by atoms with E-state index in [4.69, 9.17) is 5.73 Å². The molecule has 2 atom stereocenters. The van der Waals surface area contributed by atoms with Gasteiger partial charge in [0.05, 0.1) is 0 Å². The summed E-state index contributed by atoms with van der Waals surface area (Å²) in [5.74, 6) is 1.04. The molecule has 1 aromatic rings. The monoisotopic (exact) mass is 233 g/mol. The van der Waals surface area contributed by atoms with Crippen molar-refractivity contribution in [3.05, 3.63) is 30.1 Å². The zero-order valence-corrected chi connectivity index (χ0v) is 10.2. The fourth-order valence-corrected chi connectivity index (χ4v) is 2.29. The van der Waals surface area contributed by atoms with Crippen molar-refractivity contribution in [1.29, 1.82) is 0 Å². The van der Waals surface area contributed by atoms with E-state index in [0.29, 0.717) is 24.1 Å². The van der Waals surface area contributed by atoms with E-state index in [1.807, 2.05) is 17.0 Å². The van der Waals surface area contributed by atoms with Gasteiger partial charge in [0.25, 0.3) is 5.91 Å². The number of hydrogen-bond donors (Lipinski definition) is 1. The SMILES string of the molecule is CC1CCN(C(=O)c2ccccn2)CC1CN. The minimum atomic E-state index is 0.0240. The zero-order chi connectivity index (χ0) is 12.3. The van der Waals surface area contributed by atoms with Crippen LogP contribution in [0.2, 0.25) is 0 Å². The topological polar surface area (TPSA) is 59.2 Å². The molecule has 1 saturated heterocycles. The molecular weight excluding hydrogens is 214 g/mol. The number of amides is 1. The normalized spacial score (nSPS) is 24.7. The van der Waals surface area contributed by atoms with Gasteiger partial charge in [0.15, 0.2) is 0 Å². The quantitative estimate of drug-likeness (QED) is 0.833. The predicted molar refractivity (Wildman–Crippen MR) is 66.5 cm³/mol. The highest BCUT2D eigenvalue weighted by Crippen LogP contribution is 2.23. The smallest absolute Gasteiger partial charge is 0.272 e. The van der Waals surface area contributed by atoms with Crippen molar-refractivity contribution in [2.75, 3.05) is 19.6 Å². The number of pyridine rings is 1. The molecule has 0 spiro atoms. The molecule has 2 heterocycles. The number of aromatic nitrogens is 1. The summed E-state index contributed by atoms with van der Waals surface area (Å²) in [6, 6.07) is 5.42. The van der Waals surface area contributed by atoms with E-state index in [-0.39, 0.29) is 5.91 Å². The summed E-state index contributed by atoms with van der Waals surface area (Å²) in [6.07, 6.45) is 2.68. The van der Waals surface area contributed by atoms with Crippen LogP contribution in [0.5, 0.6) is 0 Å². The number of carbonyl (C=O) groups excluding carboxylic acids is 1. The highest BCUT2D eigenvalue weighted by Gasteiger charge is 2.28. The van der Waals surface area contributed by atoms with E-state index in [1.165, 1.54) is 0 Å². The molecule has 0 bridgehead atoms. The van der Waals surface area contributed by atoms with Gasteiger partial charge in [0.1, 0.15) is 5.69 Å². The van der Waals surface area contributed by atoms with Crippen molar-refractivity contribution in [2.24, 2.45) is 17.6 Å². The molecule has 1 aliphatic rings. The molecule has 2 rings (SSSR count). The maximum Gasteiger partial charge on any atom is 0.272 e. The van der Waals surface area contributed by atoms with Crippen molar-refractivity contribution in [3.63, 3.8) is 0 Å². The van der Waals surface area contributed by atoms with Crippen molar-refractivity contribution >= 4 is 5.91 Å². The van der Waals surface area contributed by atoms with Crippen LogP contribution in [0.15, 0.2) is 24.4 Å². The number of likely N-dealkylation sites (tertiary alicyclic amines) is 1. The maximum atomic E-state index is 12.2. The van der Waals surface area contributed by atoms with Crippen LogP contribution in [0, 0.1) is 11.8 Å². The van der Waals surface area contributed by atoms with Gasteiger partial charge in [-0.05, 0) is 36.9 Å². The highest BCUT2D eigenvalue weighted by atomic mass is 16.2. The Morgan fingerprint density at radius 1 is 1.59 bits per heavy atom. The largest absolute Gasteiger partial charge is 0.337 e. The first-order chi connectivity index (χ1) is 8.22. The third-order valence-corrected chi connectivity index (χ3v) is 3.59. The van der Waals surface area contributed by atoms with Crippen LogP contribution in [0.3, 0.4) is 0 Å². The summed E-state index contributed by atoms with van der Waals surface area (Å²) in [7, 11) is 0. The van der Waals surface area contributed by atoms with Crippen LogP contribution >= 0.6 is 0 Å². The lowest BCUT2D eigenvalue weighted by molar-refractivity contribution is 0.0612. The third kappa shape index (κ3) is 2.64. The fraction of sp³-hybridized carbons (Fsp3) is 0.538. The van der Waals surface area contributed by atoms with E-state index in [2.05, 4.69) is 11.9 Å². The van der Waals surface area contributed by atoms with Crippen molar-refractivity contribution in [3.8, 4) is 0 Å². The van der Waals surface area contributed by atoms with E-state index in [9.17, 15) is 4.79 Å². The summed E-state index contributed by atoms with van der Waals surface area (Å²) in [6.45, 7) is 4.42. The lowest BCUT2D eigenvalue weighted by Gasteiger charge is -2.36. The van der Waals surface area contributed by atoms with Crippen molar-refractivity contribution < 1.29 is 4.79 Å². The van der Waals surface area contributed by atoms with Gasteiger partial charge in [-0.3, -0.25) is 9.78 Å². The highest BCUT2D eigenvalue weighted by molar-refractivity contribution is 5.92. The standard InChI is InChI=1S/C13H19N3O/c1-10-5-7-16(9-11(10)8-14)13(17)12-4-2-3-6-15-12/h2-4,6,10-11H,5,7-9,14H2,1H3. The number of nitrogens with two attached hydrogens (primary N) is 1. The Labute approximate surface area is 102 Å². The third-order valence-electron chi connectivity index (χ3n) is 3.59. The second kappa shape index (κ2) is 5.27. The van der Waals surface area contributed by atoms with Crippen molar-refractivity contribution in [2.45, 2.75) is 13.3 Å². The van der Waals surface area contributed by atoms with Gasteiger partial charge in [-0.25, -0.2) is 0 Å². The second-order valence-electron chi connectivity index (χ2n) is 4.73. The van der Waals surface area contributed by atoms with E-state index in [0.717, 1.165) is 19.5 Å². The molecular formula is C13H19N3O. The second-order valence-corrected chi connectivity index (χ2v) is 4.73. The van der Waals surface area contributed by atoms with Gasteiger partial charge in [-0.1, -0.05) is 13.0 Å². The van der Waals surface area contributed by atoms with E-state index >= 15 is 0 Å². The maximum absolute atomic E-state index is 12.2. The van der Waals surface area contributed by atoms with Crippen LogP contribution in [0.25, 0.3) is 0 Å². The van der Waals surface area contributed by atoms with Crippen molar-refractivity contribution in [1.82, 2.24) is 9.88 Å². The minimum absolute atomic E-state index is 0.0240. The Balaban J connectivity index is 2.06. The fourth-order valence-electron chi connectivity index (χ4n) is 2.29. The van der Waals surface area contributed by atoms with Crippen LogP contribution in [-0.4, -0.2) is 35.4 Å². The Kier molecular flexibility index (Phi) is 3.74. The van der Waals surface area contributed by atoms with Gasteiger partial charge in [0, 0.05) is 19.3 Å². The van der Waals surface area contributed by atoms with Gasteiger partial charge in [-0.15, -0.1) is 0 Å².